The molecule has 0 aromatic heterocycles. The molecular formula is C12H13NO5. The van der Waals surface area contributed by atoms with Gasteiger partial charge in [0, 0.05) is 12.1 Å². The first-order valence-electron chi connectivity index (χ1n) is 5.53. The van der Waals surface area contributed by atoms with Gasteiger partial charge in [0.15, 0.2) is 11.5 Å². The molecule has 0 saturated carbocycles. The van der Waals surface area contributed by atoms with Crippen LogP contribution < -0.4 is 14.8 Å². The third-order valence-corrected chi connectivity index (χ3v) is 2.49. The SMILES string of the molecule is O=C(O)CCNC(=O)Cc1cccc2c1OCO2. The number of carboxylic acids is 1. The first-order valence-corrected chi connectivity index (χ1v) is 5.53. The van der Waals surface area contributed by atoms with E-state index in [4.69, 9.17) is 14.6 Å². The van der Waals surface area contributed by atoms with E-state index in [1.165, 1.54) is 0 Å². The molecule has 1 amide bonds. The van der Waals surface area contributed by atoms with Crippen LogP contribution in [0.5, 0.6) is 11.5 Å². The van der Waals surface area contributed by atoms with Crippen molar-refractivity contribution in [3.05, 3.63) is 23.8 Å². The van der Waals surface area contributed by atoms with E-state index in [0.29, 0.717) is 11.5 Å². The van der Waals surface area contributed by atoms with Gasteiger partial charge in [-0.1, -0.05) is 12.1 Å². The van der Waals surface area contributed by atoms with E-state index in [9.17, 15) is 9.59 Å². The first-order chi connectivity index (χ1) is 8.66. The van der Waals surface area contributed by atoms with Gasteiger partial charge in [-0.2, -0.15) is 0 Å². The minimum atomic E-state index is -0.937. The summed E-state index contributed by atoms with van der Waals surface area (Å²) in [5, 5.41) is 11.0. The second kappa shape index (κ2) is 5.39. The molecule has 0 saturated heterocycles. The molecule has 1 aliphatic heterocycles. The molecule has 1 aromatic carbocycles. The zero-order chi connectivity index (χ0) is 13.0. The van der Waals surface area contributed by atoms with Crippen molar-refractivity contribution in [2.45, 2.75) is 12.8 Å². The van der Waals surface area contributed by atoms with Gasteiger partial charge in [0.25, 0.3) is 0 Å². The summed E-state index contributed by atoms with van der Waals surface area (Å²) >= 11 is 0. The van der Waals surface area contributed by atoms with E-state index in [2.05, 4.69) is 5.32 Å². The van der Waals surface area contributed by atoms with Crippen LogP contribution in [0, 0.1) is 0 Å². The van der Waals surface area contributed by atoms with E-state index in [-0.39, 0.29) is 32.1 Å². The van der Waals surface area contributed by atoms with Crippen LogP contribution in [-0.2, 0) is 16.0 Å². The first kappa shape index (κ1) is 12.2. The standard InChI is InChI=1S/C12H13NO5/c14-10(13-5-4-11(15)16)6-8-2-1-3-9-12(8)18-7-17-9/h1-3H,4-7H2,(H,13,14)(H,15,16). The molecule has 0 spiro atoms. The van der Waals surface area contributed by atoms with Crippen molar-refractivity contribution in [2.24, 2.45) is 0 Å². The fourth-order valence-corrected chi connectivity index (χ4v) is 1.67. The van der Waals surface area contributed by atoms with Gasteiger partial charge in [-0.25, -0.2) is 0 Å². The summed E-state index contributed by atoms with van der Waals surface area (Å²) < 4.78 is 10.5. The number of fused-ring (bicyclic) bond motifs is 1. The smallest absolute Gasteiger partial charge is 0.305 e. The number of para-hydroxylation sites is 1. The predicted molar refractivity (Wildman–Crippen MR) is 61.5 cm³/mol. The summed E-state index contributed by atoms with van der Waals surface area (Å²) in [5.41, 5.74) is 0.734. The maximum atomic E-state index is 11.6. The molecule has 0 aliphatic carbocycles. The Morgan fingerprint density at radius 1 is 1.33 bits per heavy atom. The predicted octanol–water partition coefficient (Wildman–Crippen LogP) is 0.549. The number of hydrogen-bond acceptors (Lipinski definition) is 4. The van der Waals surface area contributed by atoms with E-state index < -0.39 is 5.97 Å². The normalized spacial score (nSPS) is 12.2. The third-order valence-electron chi connectivity index (χ3n) is 2.49. The number of hydrogen-bond donors (Lipinski definition) is 2. The number of carbonyl (C=O) groups is 2. The van der Waals surface area contributed by atoms with E-state index in [0.717, 1.165) is 5.56 Å². The highest BCUT2D eigenvalue weighted by Crippen LogP contribution is 2.35. The van der Waals surface area contributed by atoms with Crippen LogP contribution in [0.25, 0.3) is 0 Å². The average molecular weight is 251 g/mol. The Balaban J connectivity index is 1.91. The van der Waals surface area contributed by atoms with E-state index in [1.807, 2.05) is 0 Å². The molecule has 0 radical (unpaired) electrons. The number of amides is 1. The number of carboxylic acid groups (broad SMARTS) is 1. The number of carbonyl (C=O) groups excluding carboxylic acids is 1. The molecule has 2 rings (SSSR count). The van der Waals surface area contributed by atoms with Crippen molar-refractivity contribution in [1.29, 1.82) is 0 Å². The van der Waals surface area contributed by atoms with Crippen molar-refractivity contribution in [3.8, 4) is 11.5 Å². The zero-order valence-electron chi connectivity index (χ0n) is 9.64. The van der Waals surface area contributed by atoms with Crippen LogP contribution in [0.15, 0.2) is 18.2 Å². The maximum Gasteiger partial charge on any atom is 0.305 e. The second-order valence-corrected chi connectivity index (χ2v) is 3.82. The fraction of sp³-hybridized carbons (Fsp3) is 0.333. The average Bonchev–Trinajstić information content (AvgIpc) is 2.77. The van der Waals surface area contributed by atoms with Gasteiger partial charge in [0.1, 0.15) is 0 Å². The van der Waals surface area contributed by atoms with E-state index >= 15 is 0 Å². The fourth-order valence-electron chi connectivity index (χ4n) is 1.67. The summed E-state index contributed by atoms with van der Waals surface area (Å²) in [6.07, 6.45) is 0.0599. The van der Waals surface area contributed by atoms with Gasteiger partial charge in [-0.05, 0) is 6.07 Å². The molecule has 0 bridgehead atoms. The molecule has 6 nitrogen and oxygen atoms in total. The highest BCUT2D eigenvalue weighted by molar-refractivity contribution is 5.80. The summed E-state index contributed by atoms with van der Waals surface area (Å²) in [4.78, 5) is 21.9. The molecule has 18 heavy (non-hydrogen) atoms. The Morgan fingerprint density at radius 2 is 2.17 bits per heavy atom. The van der Waals surface area contributed by atoms with Crippen LogP contribution in [0.4, 0.5) is 0 Å². The molecule has 0 atom stereocenters. The lowest BCUT2D eigenvalue weighted by atomic mass is 10.1. The Labute approximate surface area is 104 Å². The van der Waals surface area contributed by atoms with Gasteiger partial charge in [-0.3, -0.25) is 9.59 Å². The van der Waals surface area contributed by atoms with Crippen molar-refractivity contribution in [1.82, 2.24) is 5.32 Å². The van der Waals surface area contributed by atoms with Crippen molar-refractivity contribution < 1.29 is 24.2 Å². The molecule has 1 aliphatic rings. The molecule has 0 fully saturated rings. The molecule has 0 unspecified atom stereocenters. The maximum absolute atomic E-state index is 11.6. The Hall–Kier alpha value is -2.24. The van der Waals surface area contributed by atoms with Crippen molar-refractivity contribution >= 4 is 11.9 Å². The number of ether oxygens (including phenoxy) is 2. The Kier molecular flexibility index (Phi) is 3.66. The minimum absolute atomic E-state index is 0.0851. The molecular weight excluding hydrogens is 238 g/mol. The monoisotopic (exact) mass is 251 g/mol. The van der Waals surface area contributed by atoms with Crippen LogP contribution in [-0.4, -0.2) is 30.3 Å². The molecule has 96 valence electrons. The largest absolute Gasteiger partial charge is 0.481 e. The minimum Gasteiger partial charge on any atom is -0.481 e. The topological polar surface area (TPSA) is 84.9 Å². The third kappa shape index (κ3) is 2.91. The Morgan fingerprint density at radius 3 is 2.94 bits per heavy atom. The van der Waals surface area contributed by atoms with Gasteiger partial charge >= 0.3 is 5.97 Å². The summed E-state index contributed by atoms with van der Waals surface area (Å²) in [6, 6.07) is 5.34. The number of nitrogens with one attached hydrogen (secondary N) is 1. The molecule has 2 N–H and O–H groups in total. The van der Waals surface area contributed by atoms with Gasteiger partial charge < -0.3 is 19.9 Å². The number of aliphatic carboxylic acids is 1. The summed E-state index contributed by atoms with van der Waals surface area (Å²) in [7, 11) is 0. The zero-order valence-corrected chi connectivity index (χ0v) is 9.64. The quantitative estimate of drug-likeness (QED) is 0.798. The number of benzene rings is 1. The van der Waals surface area contributed by atoms with Crippen LogP contribution >= 0.6 is 0 Å². The lowest BCUT2D eigenvalue weighted by Crippen LogP contribution is -2.27. The lowest BCUT2D eigenvalue weighted by Gasteiger charge is -2.06. The van der Waals surface area contributed by atoms with Crippen molar-refractivity contribution in [2.75, 3.05) is 13.3 Å². The second-order valence-electron chi connectivity index (χ2n) is 3.82. The lowest BCUT2D eigenvalue weighted by molar-refractivity contribution is -0.136. The molecule has 6 heteroatoms. The van der Waals surface area contributed by atoms with Crippen molar-refractivity contribution in [3.63, 3.8) is 0 Å². The molecule has 1 heterocycles. The van der Waals surface area contributed by atoms with Gasteiger partial charge in [0.05, 0.1) is 12.8 Å². The molecule has 1 aromatic rings. The van der Waals surface area contributed by atoms with Crippen LogP contribution in [0.3, 0.4) is 0 Å². The van der Waals surface area contributed by atoms with Gasteiger partial charge in [-0.15, -0.1) is 0 Å². The highest BCUT2D eigenvalue weighted by Gasteiger charge is 2.18. The summed E-state index contributed by atoms with van der Waals surface area (Å²) in [5.74, 6) is 0.0458. The summed E-state index contributed by atoms with van der Waals surface area (Å²) in [6.45, 7) is 0.285. The Bertz CT molecular complexity index is 472. The highest BCUT2D eigenvalue weighted by atomic mass is 16.7. The van der Waals surface area contributed by atoms with E-state index in [1.54, 1.807) is 18.2 Å². The number of rotatable bonds is 5. The van der Waals surface area contributed by atoms with Crippen LogP contribution in [0.2, 0.25) is 0 Å². The van der Waals surface area contributed by atoms with Gasteiger partial charge in [0.2, 0.25) is 12.7 Å². The van der Waals surface area contributed by atoms with Crippen LogP contribution in [0.1, 0.15) is 12.0 Å².